The fourth-order valence-corrected chi connectivity index (χ4v) is 2.60. The van der Waals surface area contributed by atoms with E-state index >= 15 is 0 Å². The van der Waals surface area contributed by atoms with E-state index in [1.807, 2.05) is 0 Å². The molecule has 0 saturated heterocycles. The van der Waals surface area contributed by atoms with Crippen LogP contribution in [-0.4, -0.2) is 48.5 Å². The van der Waals surface area contributed by atoms with Crippen LogP contribution in [0, 0.1) is 5.82 Å². The molecule has 0 aromatic heterocycles. The van der Waals surface area contributed by atoms with Crippen LogP contribution < -0.4 is 10.1 Å². The predicted octanol–water partition coefficient (Wildman–Crippen LogP) is 3.26. The van der Waals surface area contributed by atoms with Crippen LogP contribution in [0.4, 0.5) is 10.1 Å². The number of esters is 1. The fraction of sp³-hybridized carbons (Fsp3) is 0.318. The number of ether oxygens (including phenoxy) is 2. The van der Waals surface area contributed by atoms with Crippen molar-refractivity contribution in [2.75, 3.05) is 25.6 Å². The van der Waals surface area contributed by atoms with E-state index in [2.05, 4.69) is 10.1 Å². The molecule has 0 spiro atoms. The molecule has 0 heterocycles. The van der Waals surface area contributed by atoms with Crippen LogP contribution in [0.1, 0.15) is 31.1 Å². The normalized spacial score (nSPS) is 10.8. The maximum absolute atomic E-state index is 13.0. The molecular weight excluding hydrogens is 391 g/mol. The van der Waals surface area contributed by atoms with Gasteiger partial charge in [-0.05, 0) is 69.3 Å². The number of nitrogens with one attached hydrogen (secondary N) is 1. The minimum Gasteiger partial charge on any atom is -0.484 e. The number of benzene rings is 2. The van der Waals surface area contributed by atoms with Gasteiger partial charge in [0, 0.05) is 11.2 Å². The SMILES string of the molecule is COC(=O)c1ccc(OCC(=O)N(CC(=O)Nc2ccc(F)cc2)C(C)(C)C)cc1. The van der Waals surface area contributed by atoms with Crippen LogP contribution in [0.25, 0.3) is 0 Å². The van der Waals surface area contributed by atoms with Crippen molar-refractivity contribution in [2.24, 2.45) is 0 Å². The Kier molecular flexibility index (Phi) is 7.52. The zero-order valence-electron chi connectivity index (χ0n) is 17.4. The minimum atomic E-state index is -0.630. The summed E-state index contributed by atoms with van der Waals surface area (Å²) in [6.45, 7) is 4.95. The fourth-order valence-electron chi connectivity index (χ4n) is 2.60. The van der Waals surface area contributed by atoms with E-state index in [-0.39, 0.29) is 19.1 Å². The second kappa shape index (κ2) is 9.87. The third-order valence-corrected chi connectivity index (χ3v) is 4.18. The van der Waals surface area contributed by atoms with Crippen molar-refractivity contribution in [2.45, 2.75) is 26.3 Å². The lowest BCUT2D eigenvalue weighted by Crippen LogP contribution is -2.51. The lowest BCUT2D eigenvalue weighted by molar-refractivity contribution is -0.141. The van der Waals surface area contributed by atoms with Crippen LogP contribution >= 0.6 is 0 Å². The number of nitrogens with zero attached hydrogens (tertiary/aromatic N) is 1. The van der Waals surface area contributed by atoms with E-state index in [1.54, 1.807) is 32.9 Å². The number of methoxy groups -OCH3 is 1. The molecule has 2 aromatic rings. The Morgan fingerprint density at radius 1 is 1.00 bits per heavy atom. The number of carbonyl (C=O) groups is 3. The third-order valence-electron chi connectivity index (χ3n) is 4.18. The molecule has 1 N–H and O–H groups in total. The number of hydrogen-bond acceptors (Lipinski definition) is 5. The second-order valence-corrected chi connectivity index (χ2v) is 7.51. The first-order valence-corrected chi connectivity index (χ1v) is 9.27. The number of anilines is 1. The first kappa shape index (κ1) is 22.9. The first-order chi connectivity index (χ1) is 14.1. The van der Waals surface area contributed by atoms with Crippen molar-refractivity contribution in [1.82, 2.24) is 4.90 Å². The van der Waals surface area contributed by atoms with Gasteiger partial charge >= 0.3 is 5.97 Å². The molecule has 160 valence electrons. The van der Waals surface area contributed by atoms with E-state index in [4.69, 9.17) is 4.74 Å². The largest absolute Gasteiger partial charge is 0.484 e. The van der Waals surface area contributed by atoms with Gasteiger partial charge in [0.25, 0.3) is 5.91 Å². The van der Waals surface area contributed by atoms with E-state index in [0.29, 0.717) is 17.0 Å². The van der Waals surface area contributed by atoms with Gasteiger partial charge < -0.3 is 19.7 Å². The van der Waals surface area contributed by atoms with Crippen molar-refractivity contribution < 1.29 is 28.2 Å². The zero-order valence-corrected chi connectivity index (χ0v) is 17.4. The molecule has 0 unspecified atom stereocenters. The summed E-state index contributed by atoms with van der Waals surface area (Å²) in [6, 6.07) is 11.5. The molecule has 2 amide bonds. The van der Waals surface area contributed by atoms with Crippen molar-refractivity contribution in [3.63, 3.8) is 0 Å². The third kappa shape index (κ3) is 6.58. The van der Waals surface area contributed by atoms with Crippen molar-refractivity contribution >= 4 is 23.5 Å². The van der Waals surface area contributed by atoms with Crippen molar-refractivity contribution in [3.05, 3.63) is 59.9 Å². The smallest absolute Gasteiger partial charge is 0.337 e. The summed E-state index contributed by atoms with van der Waals surface area (Å²) in [5.41, 5.74) is 0.171. The summed E-state index contributed by atoms with van der Waals surface area (Å²) < 4.78 is 23.1. The number of halogens is 1. The maximum atomic E-state index is 13.0. The van der Waals surface area contributed by atoms with Gasteiger partial charge in [-0.1, -0.05) is 0 Å². The van der Waals surface area contributed by atoms with Gasteiger partial charge in [-0.25, -0.2) is 9.18 Å². The summed E-state index contributed by atoms with van der Waals surface area (Å²) in [7, 11) is 1.29. The molecule has 0 fully saturated rings. The maximum Gasteiger partial charge on any atom is 0.337 e. The topological polar surface area (TPSA) is 84.9 Å². The Hall–Kier alpha value is -3.42. The van der Waals surface area contributed by atoms with Gasteiger partial charge in [-0.15, -0.1) is 0 Å². The van der Waals surface area contributed by atoms with Gasteiger partial charge in [0.15, 0.2) is 6.61 Å². The molecule has 0 radical (unpaired) electrons. The highest BCUT2D eigenvalue weighted by Gasteiger charge is 2.28. The lowest BCUT2D eigenvalue weighted by Gasteiger charge is -2.35. The molecule has 2 aromatic carbocycles. The molecule has 0 aliphatic heterocycles. The van der Waals surface area contributed by atoms with E-state index in [9.17, 15) is 18.8 Å². The average Bonchev–Trinajstić information content (AvgIpc) is 2.71. The molecule has 0 atom stereocenters. The number of rotatable bonds is 7. The van der Waals surface area contributed by atoms with Gasteiger partial charge in [0.05, 0.1) is 12.7 Å². The zero-order chi connectivity index (χ0) is 22.3. The van der Waals surface area contributed by atoms with Crippen molar-refractivity contribution in [3.8, 4) is 5.75 Å². The Balaban J connectivity index is 1.98. The molecule has 0 aliphatic rings. The Morgan fingerprint density at radius 2 is 1.60 bits per heavy atom. The summed E-state index contributed by atoms with van der Waals surface area (Å²) >= 11 is 0. The van der Waals surface area contributed by atoms with Gasteiger partial charge in [-0.3, -0.25) is 9.59 Å². The summed E-state index contributed by atoms with van der Waals surface area (Å²) in [6.07, 6.45) is 0. The van der Waals surface area contributed by atoms with E-state index in [1.165, 1.54) is 48.4 Å². The minimum absolute atomic E-state index is 0.190. The molecule has 2 rings (SSSR count). The van der Waals surface area contributed by atoms with E-state index < -0.39 is 23.2 Å². The molecule has 8 heteroatoms. The van der Waals surface area contributed by atoms with Crippen LogP contribution in [-0.2, 0) is 14.3 Å². The van der Waals surface area contributed by atoms with Crippen LogP contribution in [0.3, 0.4) is 0 Å². The molecule has 0 saturated carbocycles. The number of carbonyl (C=O) groups excluding carboxylic acids is 3. The Bertz CT molecular complexity index is 889. The predicted molar refractivity (Wildman–Crippen MR) is 110 cm³/mol. The number of hydrogen-bond donors (Lipinski definition) is 1. The van der Waals surface area contributed by atoms with Crippen LogP contribution in [0.2, 0.25) is 0 Å². The average molecular weight is 416 g/mol. The molecule has 0 bridgehead atoms. The van der Waals surface area contributed by atoms with Crippen LogP contribution in [0.5, 0.6) is 5.75 Å². The summed E-state index contributed by atoms with van der Waals surface area (Å²) in [4.78, 5) is 38.0. The standard InChI is InChI=1S/C22H25FN2O5/c1-22(2,3)25(13-19(26)24-17-9-7-16(23)8-10-17)20(27)14-30-18-11-5-15(6-12-18)21(28)29-4/h5-12H,13-14H2,1-4H3,(H,24,26). The summed E-state index contributed by atoms with van der Waals surface area (Å²) in [5.74, 6) is -1.26. The first-order valence-electron chi connectivity index (χ1n) is 9.27. The molecule has 7 nitrogen and oxygen atoms in total. The van der Waals surface area contributed by atoms with Gasteiger partial charge in [0.1, 0.15) is 18.1 Å². The van der Waals surface area contributed by atoms with Crippen molar-refractivity contribution in [1.29, 1.82) is 0 Å². The Labute approximate surface area is 174 Å². The lowest BCUT2D eigenvalue weighted by atomic mass is 10.1. The number of amides is 2. The highest BCUT2D eigenvalue weighted by atomic mass is 19.1. The molecular formula is C22H25FN2O5. The van der Waals surface area contributed by atoms with Gasteiger partial charge in [-0.2, -0.15) is 0 Å². The van der Waals surface area contributed by atoms with Crippen LogP contribution in [0.15, 0.2) is 48.5 Å². The summed E-state index contributed by atoms with van der Waals surface area (Å²) in [5, 5.41) is 2.64. The highest BCUT2D eigenvalue weighted by Crippen LogP contribution is 2.17. The highest BCUT2D eigenvalue weighted by molar-refractivity contribution is 5.95. The van der Waals surface area contributed by atoms with Gasteiger partial charge in [0.2, 0.25) is 5.91 Å². The second-order valence-electron chi connectivity index (χ2n) is 7.51. The monoisotopic (exact) mass is 416 g/mol. The Morgan fingerprint density at radius 3 is 2.13 bits per heavy atom. The quantitative estimate of drug-likeness (QED) is 0.701. The van der Waals surface area contributed by atoms with E-state index in [0.717, 1.165) is 0 Å². The molecule has 0 aliphatic carbocycles. The molecule has 30 heavy (non-hydrogen) atoms.